The molecule has 0 atom stereocenters. The highest BCUT2D eigenvalue weighted by molar-refractivity contribution is 9.10. The quantitative estimate of drug-likeness (QED) is 0.305. The maximum atomic E-state index is 12.8. The third kappa shape index (κ3) is 6.05. The number of rotatable bonds is 8. The van der Waals surface area contributed by atoms with Crippen LogP contribution in [0.1, 0.15) is 50.3 Å². The summed E-state index contributed by atoms with van der Waals surface area (Å²) < 4.78 is 31.3. The van der Waals surface area contributed by atoms with Crippen LogP contribution in [0.25, 0.3) is 16.9 Å². The lowest BCUT2D eigenvalue weighted by Gasteiger charge is -2.21. The first kappa shape index (κ1) is 25.7. The van der Waals surface area contributed by atoms with Crippen LogP contribution in [0, 0.1) is 5.92 Å². The summed E-state index contributed by atoms with van der Waals surface area (Å²) in [5.41, 5.74) is 4.22. The molecule has 0 amide bonds. The highest BCUT2D eigenvalue weighted by Crippen LogP contribution is 2.34. The largest absolute Gasteiger partial charge is 0.231 e. The van der Waals surface area contributed by atoms with Crippen molar-refractivity contribution in [1.29, 1.82) is 0 Å². The molecule has 1 N–H and O–H groups in total. The molecule has 0 aliphatic heterocycles. The molecular formula is C25H28BrCl2N3O2S. The van der Waals surface area contributed by atoms with Gasteiger partial charge >= 0.3 is 0 Å². The highest BCUT2D eigenvalue weighted by Gasteiger charge is 2.24. The van der Waals surface area contributed by atoms with Crippen LogP contribution in [-0.4, -0.2) is 24.0 Å². The monoisotopic (exact) mass is 583 g/mol. The average molecular weight is 585 g/mol. The van der Waals surface area contributed by atoms with Gasteiger partial charge in [-0.2, -0.15) is 5.10 Å². The fourth-order valence-electron chi connectivity index (χ4n) is 4.64. The zero-order valence-electron chi connectivity index (χ0n) is 19.0. The third-order valence-electron chi connectivity index (χ3n) is 6.32. The van der Waals surface area contributed by atoms with Gasteiger partial charge in [0.2, 0.25) is 10.0 Å². The van der Waals surface area contributed by atoms with Gasteiger partial charge in [-0.05, 0) is 55.5 Å². The van der Waals surface area contributed by atoms with Crippen molar-refractivity contribution < 1.29 is 8.42 Å². The molecular weight excluding hydrogens is 557 g/mol. The third-order valence-corrected chi connectivity index (χ3v) is 8.88. The standard InChI is InChI=1S/C25H28BrCl2N3O2S/c1-2-21-23(15-29-34(32,33)16-17-6-4-3-5-7-17)30-31(24-13-12-20(27)14-22(24)28)25(21)18-8-10-19(26)11-9-18/h8-14,17,29H,2-7,15-16H2,1H3. The Labute approximate surface area is 220 Å². The number of nitrogens with one attached hydrogen (secondary N) is 1. The molecule has 3 aromatic rings. The second kappa shape index (κ2) is 11.1. The zero-order chi connectivity index (χ0) is 24.3. The van der Waals surface area contributed by atoms with E-state index in [0.29, 0.717) is 27.8 Å². The van der Waals surface area contributed by atoms with E-state index in [0.717, 1.165) is 47.0 Å². The molecule has 5 nitrogen and oxygen atoms in total. The fourth-order valence-corrected chi connectivity index (χ4v) is 6.82. The van der Waals surface area contributed by atoms with Gasteiger partial charge in [0.25, 0.3) is 0 Å². The Bertz CT molecular complexity index is 1250. The summed E-state index contributed by atoms with van der Waals surface area (Å²) in [6.07, 6.45) is 6.09. The minimum Gasteiger partial charge on any atom is -0.231 e. The molecule has 1 heterocycles. The van der Waals surface area contributed by atoms with Crippen molar-refractivity contribution in [3.8, 4) is 16.9 Å². The van der Waals surface area contributed by atoms with E-state index in [1.54, 1.807) is 16.8 Å². The Kier molecular flexibility index (Phi) is 8.41. The Balaban J connectivity index is 1.70. The van der Waals surface area contributed by atoms with Gasteiger partial charge in [0.1, 0.15) is 0 Å². The van der Waals surface area contributed by atoms with Gasteiger partial charge in [0.05, 0.1) is 34.4 Å². The molecule has 0 bridgehead atoms. The van der Waals surface area contributed by atoms with Crippen LogP contribution in [0.4, 0.5) is 0 Å². The first-order valence-corrected chi connectivity index (χ1v) is 14.8. The number of hydrogen-bond acceptors (Lipinski definition) is 3. The highest BCUT2D eigenvalue weighted by atomic mass is 79.9. The molecule has 34 heavy (non-hydrogen) atoms. The van der Waals surface area contributed by atoms with Crippen molar-refractivity contribution >= 4 is 49.2 Å². The molecule has 4 rings (SSSR count). The second-order valence-corrected chi connectivity index (χ2v) is 12.4. The van der Waals surface area contributed by atoms with Crippen molar-refractivity contribution in [3.63, 3.8) is 0 Å². The van der Waals surface area contributed by atoms with E-state index < -0.39 is 10.0 Å². The fraction of sp³-hybridized carbons (Fsp3) is 0.400. The van der Waals surface area contributed by atoms with E-state index in [-0.39, 0.29) is 18.2 Å². The van der Waals surface area contributed by atoms with E-state index in [4.69, 9.17) is 28.3 Å². The molecule has 1 aliphatic carbocycles. The minimum absolute atomic E-state index is 0.139. The van der Waals surface area contributed by atoms with Crippen molar-refractivity contribution in [2.45, 2.75) is 52.0 Å². The van der Waals surface area contributed by atoms with E-state index in [1.807, 2.05) is 37.3 Å². The SMILES string of the molecule is CCc1c(CNS(=O)(=O)CC2CCCCC2)nn(-c2ccc(Cl)cc2Cl)c1-c1ccc(Br)cc1. The van der Waals surface area contributed by atoms with E-state index in [9.17, 15) is 8.42 Å². The molecule has 0 saturated heterocycles. The van der Waals surface area contributed by atoms with Gasteiger partial charge < -0.3 is 0 Å². The first-order valence-electron chi connectivity index (χ1n) is 11.6. The predicted molar refractivity (Wildman–Crippen MR) is 143 cm³/mol. The van der Waals surface area contributed by atoms with Crippen LogP contribution in [0.2, 0.25) is 10.0 Å². The van der Waals surface area contributed by atoms with Gasteiger partial charge in [0, 0.05) is 20.6 Å². The average Bonchev–Trinajstić information content (AvgIpc) is 3.17. The molecule has 9 heteroatoms. The van der Waals surface area contributed by atoms with Crippen molar-refractivity contribution in [3.05, 3.63) is 68.2 Å². The van der Waals surface area contributed by atoms with E-state index >= 15 is 0 Å². The Morgan fingerprint density at radius 2 is 1.79 bits per heavy atom. The van der Waals surface area contributed by atoms with Gasteiger partial charge in [-0.15, -0.1) is 0 Å². The van der Waals surface area contributed by atoms with Crippen LogP contribution in [0.5, 0.6) is 0 Å². The van der Waals surface area contributed by atoms with Crippen molar-refractivity contribution in [2.75, 3.05) is 5.75 Å². The molecule has 0 unspecified atom stereocenters. The topological polar surface area (TPSA) is 64.0 Å². The molecule has 1 aromatic heterocycles. The Morgan fingerprint density at radius 1 is 1.09 bits per heavy atom. The van der Waals surface area contributed by atoms with Gasteiger partial charge in [-0.25, -0.2) is 17.8 Å². The van der Waals surface area contributed by atoms with Gasteiger partial charge in [0.15, 0.2) is 0 Å². The Hall–Kier alpha value is -1.38. The molecule has 0 radical (unpaired) electrons. The minimum atomic E-state index is -3.41. The predicted octanol–water partition coefficient (Wildman–Crippen LogP) is 7.17. The number of aromatic nitrogens is 2. The summed E-state index contributed by atoms with van der Waals surface area (Å²) in [4.78, 5) is 0. The van der Waals surface area contributed by atoms with Crippen LogP contribution < -0.4 is 4.72 Å². The Morgan fingerprint density at radius 3 is 2.44 bits per heavy atom. The number of hydrogen-bond donors (Lipinski definition) is 1. The van der Waals surface area contributed by atoms with Crippen LogP contribution in [0.15, 0.2) is 46.9 Å². The van der Waals surface area contributed by atoms with Crippen LogP contribution in [-0.2, 0) is 23.0 Å². The molecule has 182 valence electrons. The van der Waals surface area contributed by atoms with Crippen LogP contribution >= 0.6 is 39.1 Å². The molecule has 1 saturated carbocycles. The first-order chi connectivity index (χ1) is 16.3. The molecule has 1 aliphatic rings. The maximum absolute atomic E-state index is 12.8. The summed E-state index contributed by atoms with van der Waals surface area (Å²) in [7, 11) is -3.41. The number of nitrogens with zero attached hydrogens (tertiary/aromatic N) is 2. The molecule has 1 fully saturated rings. The summed E-state index contributed by atoms with van der Waals surface area (Å²) in [5, 5.41) is 5.85. The number of sulfonamides is 1. The summed E-state index contributed by atoms with van der Waals surface area (Å²) in [6, 6.07) is 13.3. The number of halogens is 3. The van der Waals surface area contributed by atoms with Gasteiger partial charge in [-0.1, -0.05) is 77.5 Å². The van der Waals surface area contributed by atoms with Crippen LogP contribution in [0.3, 0.4) is 0 Å². The lowest BCUT2D eigenvalue weighted by atomic mass is 9.91. The summed E-state index contributed by atoms with van der Waals surface area (Å²) >= 11 is 16.2. The van der Waals surface area contributed by atoms with Crippen molar-refractivity contribution in [1.82, 2.24) is 14.5 Å². The summed E-state index contributed by atoms with van der Waals surface area (Å²) in [5.74, 6) is 0.415. The zero-order valence-corrected chi connectivity index (χ0v) is 22.9. The normalized spacial score (nSPS) is 15.1. The van der Waals surface area contributed by atoms with Crippen molar-refractivity contribution in [2.24, 2.45) is 5.92 Å². The lowest BCUT2D eigenvalue weighted by molar-refractivity contribution is 0.384. The second-order valence-electron chi connectivity index (χ2n) is 8.75. The molecule has 0 spiro atoms. The smallest absolute Gasteiger partial charge is 0.212 e. The van der Waals surface area contributed by atoms with E-state index in [1.165, 1.54) is 6.42 Å². The summed E-state index contributed by atoms with van der Waals surface area (Å²) in [6.45, 7) is 2.19. The van der Waals surface area contributed by atoms with E-state index in [2.05, 4.69) is 20.7 Å². The molecule has 2 aromatic carbocycles. The van der Waals surface area contributed by atoms with Gasteiger partial charge in [-0.3, -0.25) is 0 Å². The number of benzene rings is 2. The lowest BCUT2D eigenvalue weighted by Crippen LogP contribution is -2.30. The maximum Gasteiger partial charge on any atom is 0.212 e.